The second-order valence-corrected chi connectivity index (χ2v) is 6.93. The van der Waals surface area contributed by atoms with E-state index in [4.69, 9.17) is 20.9 Å². The molecule has 0 saturated carbocycles. The Labute approximate surface area is 175 Å². The highest BCUT2D eigenvalue weighted by Gasteiger charge is 2.25. The van der Waals surface area contributed by atoms with E-state index in [1.807, 2.05) is 42.5 Å². The van der Waals surface area contributed by atoms with Gasteiger partial charge in [0, 0.05) is 36.3 Å². The summed E-state index contributed by atoms with van der Waals surface area (Å²) in [5, 5.41) is 8.37. The molecule has 1 atom stereocenters. The van der Waals surface area contributed by atoms with Gasteiger partial charge in [-0.1, -0.05) is 28.9 Å². The largest absolute Gasteiger partial charge is 0.497 e. The number of nitrogens with one attached hydrogen (secondary N) is 1. The lowest BCUT2D eigenvalue weighted by Crippen LogP contribution is -2.45. The summed E-state index contributed by atoms with van der Waals surface area (Å²) in [7, 11) is 1.64. The average molecular weight is 421 g/mol. The van der Waals surface area contributed by atoms with Crippen molar-refractivity contribution in [3.05, 3.63) is 64.9 Å². The van der Waals surface area contributed by atoms with Gasteiger partial charge in [-0.05, 0) is 42.0 Å². The average Bonchev–Trinajstić information content (AvgIpc) is 3.17. The van der Waals surface area contributed by atoms with E-state index in [1.54, 1.807) is 7.11 Å². The smallest absolute Gasteiger partial charge is 0.257 e. The van der Waals surface area contributed by atoms with Crippen LogP contribution in [0.1, 0.15) is 17.4 Å². The number of halogens is 2. The maximum Gasteiger partial charge on any atom is 0.257 e. The van der Waals surface area contributed by atoms with Crippen molar-refractivity contribution in [2.45, 2.75) is 12.6 Å². The second-order valence-electron chi connectivity index (χ2n) is 6.49. The number of hydrogen-bond acceptors (Lipinski definition) is 6. The van der Waals surface area contributed by atoms with Crippen LogP contribution in [0.2, 0.25) is 5.02 Å². The standard InChI is InChI=1S/C20H21ClN4O2.ClH/c1-26-17-7-5-14(6-8-17)20-23-19(24-27-20)13-25-10-9-22-12-18(25)15-3-2-4-16(21)11-15;/h2-8,11,18,22H,9-10,12-13H2,1H3;1H. The zero-order chi connectivity index (χ0) is 18.6. The van der Waals surface area contributed by atoms with Gasteiger partial charge < -0.3 is 14.6 Å². The number of hydrogen-bond donors (Lipinski definition) is 1. The summed E-state index contributed by atoms with van der Waals surface area (Å²) in [5.74, 6) is 1.99. The zero-order valence-corrected chi connectivity index (χ0v) is 17.0. The lowest BCUT2D eigenvalue weighted by Gasteiger charge is -2.35. The van der Waals surface area contributed by atoms with E-state index in [1.165, 1.54) is 5.56 Å². The number of nitrogens with zero attached hydrogens (tertiary/aromatic N) is 3. The summed E-state index contributed by atoms with van der Waals surface area (Å²) in [6.45, 7) is 3.33. The molecule has 8 heteroatoms. The fourth-order valence-electron chi connectivity index (χ4n) is 3.33. The van der Waals surface area contributed by atoms with Crippen LogP contribution in [-0.2, 0) is 6.54 Å². The van der Waals surface area contributed by atoms with Crippen LogP contribution >= 0.6 is 24.0 Å². The molecule has 1 fully saturated rings. The molecular weight excluding hydrogens is 399 g/mol. The van der Waals surface area contributed by atoms with Crippen molar-refractivity contribution in [2.24, 2.45) is 0 Å². The Balaban J connectivity index is 0.00000225. The van der Waals surface area contributed by atoms with E-state index in [0.29, 0.717) is 18.3 Å². The van der Waals surface area contributed by atoms with Crippen LogP contribution in [0.5, 0.6) is 5.75 Å². The van der Waals surface area contributed by atoms with E-state index < -0.39 is 0 Å². The Kier molecular flexibility index (Phi) is 6.91. The number of piperazine rings is 1. The molecule has 0 aliphatic carbocycles. The first-order chi connectivity index (χ1) is 13.2. The summed E-state index contributed by atoms with van der Waals surface area (Å²) < 4.78 is 10.6. The fraction of sp³-hybridized carbons (Fsp3) is 0.300. The summed E-state index contributed by atoms with van der Waals surface area (Å²) in [6.07, 6.45) is 0. The number of rotatable bonds is 5. The number of benzene rings is 2. The Hall–Kier alpha value is -2.12. The van der Waals surface area contributed by atoms with Crippen molar-refractivity contribution < 1.29 is 9.26 Å². The molecule has 6 nitrogen and oxygen atoms in total. The maximum absolute atomic E-state index is 6.18. The minimum absolute atomic E-state index is 0. The molecule has 28 heavy (non-hydrogen) atoms. The van der Waals surface area contributed by atoms with Crippen molar-refractivity contribution in [1.82, 2.24) is 20.4 Å². The highest BCUT2D eigenvalue weighted by Crippen LogP contribution is 2.26. The third-order valence-electron chi connectivity index (χ3n) is 4.74. The third-order valence-corrected chi connectivity index (χ3v) is 4.97. The first kappa shape index (κ1) is 20.6. The summed E-state index contributed by atoms with van der Waals surface area (Å²) in [5.41, 5.74) is 2.06. The summed E-state index contributed by atoms with van der Waals surface area (Å²) in [4.78, 5) is 6.92. The molecular formula is C20H22Cl2N4O2. The molecule has 2 aromatic carbocycles. The molecule has 1 unspecified atom stereocenters. The number of ether oxygens (including phenoxy) is 1. The third kappa shape index (κ3) is 4.64. The normalized spacial score (nSPS) is 17.1. The Morgan fingerprint density at radius 1 is 1.25 bits per heavy atom. The second kappa shape index (κ2) is 9.39. The van der Waals surface area contributed by atoms with Gasteiger partial charge >= 0.3 is 0 Å². The van der Waals surface area contributed by atoms with Gasteiger partial charge in [-0.25, -0.2) is 0 Å². The minimum Gasteiger partial charge on any atom is -0.497 e. The van der Waals surface area contributed by atoms with Crippen LogP contribution < -0.4 is 10.1 Å². The predicted molar refractivity (Wildman–Crippen MR) is 111 cm³/mol. The molecule has 148 valence electrons. The highest BCUT2D eigenvalue weighted by molar-refractivity contribution is 6.30. The van der Waals surface area contributed by atoms with E-state index in [-0.39, 0.29) is 18.4 Å². The molecule has 0 radical (unpaired) electrons. The van der Waals surface area contributed by atoms with Crippen molar-refractivity contribution in [1.29, 1.82) is 0 Å². The number of methoxy groups -OCH3 is 1. The van der Waals surface area contributed by atoms with Gasteiger partial charge in [0.1, 0.15) is 5.75 Å². The lowest BCUT2D eigenvalue weighted by molar-refractivity contribution is 0.148. The topological polar surface area (TPSA) is 63.4 Å². The van der Waals surface area contributed by atoms with Gasteiger partial charge in [-0.3, -0.25) is 4.90 Å². The monoisotopic (exact) mass is 420 g/mol. The van der Waals surface area contributed by atoms with Gasteiger partial charge in [-0.15, -0.1) is 12.4 Å². The maximum atomic E-state index is 6.18. The molecule has 1 saturated heterocycles. The lowest BCUT2D eigenvalue weighted by atomic mass is 10.0. The van der Waals surface area contributed by atoms with Gasteiger partial charge in [0.25, 0.3) is 5.89 Å². The van der Waals surface area contributed by atoms with E-state index in [9.17, 15) is 0 Å². The molecule has 1 aromatic heterocycles. The van der Waals surface area contributed by atoms with Crippen LogP contribution in [0.15, 0.2) is 53.1 Å². The quantitative estimate of drug-likeness (QED) is 0.673. The SMILES string of the molecule is COc1ccc(-c2nc(CN3CCNCC3c3cccc(Cl)c3)no2)cc1.Cl. The molecule has 1 N–H and O–H groups in total. The van der Waals surface area contributed by atoms with Crippen molar-refractivity contribution in [3.8, 4) is 17.2 Å². The van der Waals surface area contributed by atoms with Gasteiger partial charge in [0.2, 0.25) is 0 Å². The summed E-state index contributed by atoms with van der Waals surface area (Å²) in [6, 6.07) is 15.8. The zero-order valence-electron chi connectivity index (χ0n) is 15.5. The Morgan fingerprint density at radius 2 is 2.07 bits per heavy atom. The van der Waals surface area contributed by atoms with Crippen LogP contribution in [0.4, 0.5) is 0 Å². The van der Waals surface area contributed by atoms with E-state index in [0.717, 1.165) is 36.0 Å². The predicted octanol–water partition coefficient (Wildman–Crippen LogP) is 3.97. The molecule has 2 heterocycles. The fourth-order valence-corrected chi connectivity index (χ4v) is 3.53. The first-order valence-corrected chi connectivity index (χ1v) is 9.28. The van der Waals surface area contributed by atoms with Gasteiger partial charge in [-0.2, -0.15) is 4.98 Å². The molecule has 3 aromatic rings. The van der Waals surface area contributed by atoms with Gasteiger partial charge in [0.15, 0.2) is 5.82 Å². The molecule has 0 bridgehead atoms. The van der Waals surface area contributed by atoms with Crippen LogP contribution in [0, 0.1) is 0 Å². The van der Waals surface area contributed by atoms with E-state index in [2.05, 4.69) is 26.4 Å². The van der Waals surface area contributed by atoms with E-state index >= 15 is 0 Å². The van der Waals surface area contributed by atoms with Crippen LogP contribution in [0.3, 0.4) is 0 Å². The molecule has 0 spiro atoms. The summed E-state index contributed by atoms with van der Waals surface area (Å²) >= 11 is 6.18. The molecule has 1 aliphatic heterocycles. The van der Waals surface area contributed by atoms with Crippen molar-refractivity contribution in [3.63, 3.8) is 0 Å². The van der Waals surface area contributed by atoms with Gasteiger partial charge in [0.05, 0.1) is 13.7 Å². The Bertz CT molecular complexity index is 901. The van der Waals surface area contributed by atoms with Crippen molar-refractivity contribution >= 4 is 24.0 Å². The first-order valence-electron chi connectivity index (χ1n) is 8.90. The highest BCUT2D eigenvalue weighted by atomic mass is 35.5. The minimum atomic E-state index is 0. The molecule has 1 aliphatic rings. The van der Waals surface area contributed by atoms with Crippen LogP contribution in [-0.4, -0.2) is 41.8 Å². The molecule has 4 rings (SSSR count). The van der Waals surface area contributed by atoms with Crippen LogP contribution in [0.25, 0.3) is 11.5 Å². The van der Waals surface area contributed by atoms with Crippen molar-refractivity contribution in [2.75, 3.05) is 26.7 Å². The molecule has 0 amide bonds. The number of aromatic nitrogens is 2. The Morgan fingerprint density at radius 3 is 2.82 bits per heavy atom.